The fourth-order valence-corrected chi connectivity index (χ4v) is 2.41. The smallest absolute Gasteiger partial charge is 0.234 e. The maximum Gasteiger partial charge on any atom is 0.234 e. The van der Waals surface area contributed by atoms with Crippen LogP contribution in [0.2, 0.25) is 0 Å². The van der Waals surface area contributed by atoms with Gasteiger partial charge >= 0.3 is 0 Å². The van der Waals surface area contributed by atoms with E-state index in [9.17, 15) is 4.79 Å². The van der Waals surface area contributed by atoms with Crippen LogP contribution in [0.4, 0.5) is 11.4 Å². The van der Waals surface area contributed by atoms with Gasteiger partial charge in [-0.05, 0) is 35.7 Å². The number of aromatic nitrogens is 1. The van der Waals surface area contributed by atoms with Crippen molar-refractivity contribution in [2.24, 2.45) is 0 Å². The first kappa shape index (κ1) is 15.4. The van der Waals surface area contributed by atoms with Gasteiger partial charge in [-0.1, -0.05) is 37.7 Å². The van der Waals surface area contributed by atoms with E-state index in [1.165, 1.54) is 17.3 Å². The Bertz CT molecular complexity index is 594. The number of carbonyl (C=O) groups is 1. The van der Waals surface area contributed by atoms with Crippen LogP contribution in [0.5, 0.6) is 0 Å². The molecule has 1 aromatic heterocycles. The first-order chi connectivity index (χ1) is 10.0. The fraction of sp³-hybridized carbons (Fsp3) is 0.250. The molecule has 0 aliphatic rings. The van der Waals surface area contributed by atoms with Gasteiger partial charge in [0.1, 0.15) is 0 Å². The van der Waals surface area contributed by atoms with Crippen molar-refractivity contribution in [1.29, 1.82) is 0 Å². The minimum absolute atomic E-state index is 0.0454. The average Bonchev–Trinajstić information content (AvgIpc) is 2.47. The van der Waals surface area contributed by atoms with Crippen molar-refractivity contribution in [2.75, 3.05) is 16.8 Å². The average molecular weight is 301 g/mol. The number of anilines is 2. The van der Waals surface area contributed by atoms with Gasteiger partial charge in [0, 0.05) is 5.69 Å². The van der Waals surface area contributed by atoms with Gasteiger partial charge in [-0.25, -0.2) is 4.98 Å². The Kier molecular flexibility index (Phi) is 5.22. The summed E-state index contributed by atoms with van der Waals surface area (Å²) in [5.41, 5.74) is 8.26. The van der Waals surface area contributed by atoms with Gasteiger partial charge in [0.05, 0.1) is 22.7 Å². The summed E-state index contributed by atoms with van der Waals surface area (Å²) in [6.07, 6.45) is 1.59. The number of rotatable bonds is 5. The second-order valence-electron chi connectivity index (χ2n) is 5.04. The molecule has 2 rings (SSSR count). The van der Waals surface area contributed by atoms with Gasteiger partial charge in [0.25, 0.3) is 0 Å². The molecule has 3 N–H and O–H groups in total. The molecule has 0 radical (unpaired) electrons. The first-order valence-electron chi connectivity index (χ1n) is 6.79. The summed E-state index contributed by atoms with van der Waals surface area (Å²) in [7, 11) is 0. The van der Waals surface area contributed by atoms with Crippen LogP contribution in [-0.4, -0.2) is 16.6 Å². The highest BCUT2D eigenvalue weighted by atomic mass is 32.2. The number of amides is 1. The van der Waals surface area contributed by atoms with Crippen molar-refractivity contribution in [1.82, 2.24) is 4.98 Å². The van der Waals surface area contributed by atoms with E-state index < -0.39 is 0 Å². The largest absolute Gasteiger partial charge is 0.397 e. The zero-order chi connectivity index (χ0) is 15.2. The van der Waals surface area contributed by atoms with Gasteiger partial charge in [-0.2, -0.15) is 0 Å². The molecular formula is C16H19N3OS. The van der Waals surface area contributed by atoms with Crippen LogP contribution in [0.1, 0.15) is 25.3 Å². The Labute approximate surface area is 129 Å². The molecule has 0 bridgehead atoms. The molecular weight excluding hydrogens is 282 g/mol. The van der Waals surface area contributed by atoms with E-state index in [0.29, 0.717) is 17.4 Å². The molecule has 0 saturated heterocycles. The number of carbonyl (C=O) groups excluding carboxylic acids is 1. The topological polar surface area (TPSA) is 68.0 Å². The second kappa shape index (κ2) is 7.13. The van der Waals surface area contributed by atoms with Crippen LogP contribution >= 0.6 is 11.8 Å². The minimum Gasteiger partial charge on any atom is -0.397 e. The molecule has 21 heavy (non-hydrogen) atoms. The molecule has 110 valence electrons. The minimum atomic E-state index is -0.0454. The van der Waals surface area contributed by atoms with Crippen LogP contribution < -0.4 is 11.1 Å². The van der Waals surface area contributed by atoms with Gasteiger partial charge in [0.15, 0.2) is 0 Å². The lowest BCUT2D eigenvalue weighted by Gasteiger charge is -2.08. The Hall–Kier alpha value is -2.01. The van der Waals surface area contributed by atoms with Crippen LogP contribution in [0, 0.1) is 0 Å². The van der Waals surface area contributed by atoms with E-state index in [-0.39, 0.29) is 5.91 Å². The van der Waals surface area contributed by atoms with Crippen LogP contribution in [0.25, 0.3) is 0 Å². The highest BCUT2D eigenvalue weighted by Gasteiger charge is 2.05. The summed E-state index contributed by atoms with van der Waals surface area (Å²) >= 11 is 1.39. The van der Waals surface area contributed by atoms with E-state index in [2.05, 4.69) is 24.1 Å². The van der Waals surface area contributed by atoms with Crippen LogP contribution in [-0.2, 0) is 4.79 Å². The number of benzene rings is 1. The summed E-state index contributed by atoms with van der Waals surface area (Å²) in [5, 5.41) is 3.66. The number of nitrogens with zero attached hydrogens (tertiary/aromatic N) is 1. The number of hydrogen-bond acceptors (Lipinski definition) is 4. The third kappa shape index (κ3) is 4.79. The SMILES string of the molecule is CC(C)c1ccc(NC(=O)CSc2ccc(N)cn2)cc1. The molecule has 1 heterocycles. The summed E-state index contributed by atoms with van der Waals surface area (Å²) in [6, 6.07) is 11.5. The van der Waals surface area contributed by atoms with E-state index in [1.54, 1.807) is 12.3 Å². The molecule has 4 nitrogen and oxygen atoms in total. The molecule has 0 aliphatic carbocycles. The lowest BCUT2D eigenvalue weighted by molar-refractivity contribution is -0.113. The summed E-state index contributed by atoms with van der Waals surface area (Å²) in [4.78, 5) is 16.0. The molecule has 0 fully saturated rings. The summed E-state index contributed by atoms with van der Waals surface area (Å²) in [5.74, 6) is 0.765. The Balaban J connectivity index is 1.85. The Morgan fingerprint density at radius 3 is 2.52 bits per heavy atom. The third-order valence-corrected chi connectivity index (χ3v) is 3.92. The number of nitrogens with two attached hydrogens (primary N) is 1. The molecule has 0 aliphatic heterocycles. The third-order valence-electron chi connectivity index (χ3n) is 2.97. The predicted octanol–water partition coefficient (Wildman–Crippen LogP) is 3.52. The fourth-order valence-electron chi connectivity index (χ4n) is 1.77. The van der Waals surface area contributed by atoms with Gasteiger partial charge in [-0.3, -0.25) is 4.79 Å². The molecule has 0 unspecified atom stereocenters. The van der Waals surface area contributed by atoms with Crippen molar-refractivity contribution in [3.8, 4) is 0 Å². The highest BCUT2D eigenvalue weighted by Crippen LogP contribution is 2.19. The zero-order valence-corrected chi connectivity index (χ0v) is 13.0. The number of nitrogen functional groups attached to an aromatic ring is 1. The van der Waals surface area contributed by atoms with E-state index in [0.717, 1.165) is 10.7 Å². The van der Waals surface area contributed by atoms with Crippen molar-refractivity contribution < 1.29 is 4.79 Å². The summed E-state index contributed by atoms with van der Waals surface area (Å²) < 4.78 is 0. The van der Waals surface area contributed by atoms with Gasteiger partial charge in [-0.15, -0.1) is 0 Å². The van der Waals surface area contributed by atoms with E-state index in [1.807, 2.05) is 30.3 Å². The number of hydrogen-bond donors (Lipinski definition) is 2. The van der Waals surface area contributed by atoms with Crippen molar-refractivity contribution in [2.45, 2.75) is 24.8 Å². The zero-order valence-electron chi connectivity index (χ0n) is 12.2. The first-order valence-corrected chi connectivity index (χ1v) is 7.77. The lowest BCUT2D eigenvalue weighted by atomic mass is 10.0. The maximum absolute atomic E-state index is 11.9. The molecule has 0 saturated carbocycles. The predicted molar refractivity (Wildman–Crippen MR) is 88.5 cm³/mol. The van der Waals surface area contributed by atoms with Gasteiger partial charge in [0.2, 0.25) is 5.91 Å². The maximum atomic E-state index is 11.9. The van der Waals surface area contributed by atoms with E-state index in [4.69, 9.17) is 5.73 Å². The lowest BCUT2D eigenvalue weighted by Crippen LogP contribution is -2.14. The van der Waals surface area contributed by atoms with Crippen molar-refractivity contribution >= 4 is 29.0 Å². The normalized spacial score (nSPS) is 10.6. The second-order valence-corrected chi connectivity index (χ2v) is 6.04. The van der Waals surface area contributed by atoms with E-state index >= 15 is 0 Å². The molecule has 2 aromatic rings. The molecule has 0 spiro atoms. The van der Waals surface area contributed by atoms with Crippen LogP contribution in [0.15, 0.2) is 47.6 Å². The Morgan fingerprint density at radius 1 is 1.24 bits per heavy atom. The number of pyridine rings is 1. The molecule has 5 heteroatoms. The molecule has 0 atom stereocenters. The standard InChI is InChI=1S/C16H19N3OS/c1-11(2)12-3-6-14(7-4-12)19-15(20)10-21-16-8-5-13(17)9-18-16/h3-9,11H,10,17H2,1-2H3,(H,19,20). The monoisotopic (exact) mass is 301 g/mol. The number of nitrogens with one attached hydrogen (secondary N) is 1. The molecule has 1 aromatic carbocycles. The Morgan fingerprint density at radius 2 is 1.95 bits per heavy atom. The van der Waals surface area contributed by atoms with Gasteiger partial charge < -0.3 is 11.1 Å². The van der Waals surface area contributed by atoms with Crippen LogP contribution in [0.3, 0.4) is 0 Å². The quantitative estimate of drug-likeness (QED) is 0.829. The van der Waals surface area contributed by atoms with Crippen molar-refractivity contribution in [3.63, 3.8) is 0 Å². The van der Waals surface area contributed by atoms with Crippen molar-refractivity contribution in [3.05, 3.63) is 48.2 Å². The number of thioether (sulfide) groups is 1. The molecule has 1 amide bonds. The highest BCUT2D eigenvalue weighted by molar-refractivity contribution is 7.99. The summed E-state index contributed by atoms with van der Waals surface area (Å²) in [6.45, 7) is 4.29.